The van der Waals surface area contributed by atoms with Crippen LogP contribution in [0.3, 0.4) is 0 Å². The molecule has 1 rings (SSSR count). The summed E-state index contributed by atoms with van der Waals surface area (Å²) in [5.74, 6) is -0.755. The third-order valence-electron chi connectivity index (χ3n) is 3.15. The van der Waals surface area contributed by atoms with Gasteiger partial charge >= 0.3 is 5.97 Å². The summed E-state index contributed by atoms with van der Waals surface area (Å²) in [6, 6.07) is -0.650. The number of rotatable bonds is 6. The first-order valence-electron chi connectivity index (χ1n) is 5.96. The van der Waals surface area contributed by atoms with Gasteiger partial charge in [-0.1, -0.05) is 0 Å². The summed E-state index contributed by atoms with van der Waals surface area (Å²) in [7, 11) is 0. The Morgan fingerprint density at radius 3 is 2.76 bits per heavy atom. The number of nitrogens with zero attached hydrogens (tertiary/aromatic N) is 1. The van der Waals surface area contributed by atoms with E-state index in [4.69, 9.17) is 10.8 Å². The molecule has 0 radical (unpaired) electrons. The van der Waals surface area contributed by atoms with Crippen molar-refractivity contribution in [1.82, 2.24) is 4.90 Å². The van der Waals surface area contributed by atoms with Crippen LogP contribution in [-0.4, -0.2) is 46.8 Å². The van der Waals surface area contributed by atoms with Crippen molar-refractivity contribution < 1.29 is 14.7 Å². The molecule has 0 saturated carbocycles. The minimum absolute atomic E-state index is 0.0849. The van der Waals surface area contributed by atoms with E-state index in [0.717, 1.165) is 12.8 Å². The van der Waals surface area contributed by atoms with Crippen LogP contribution in [0.15, 0.2) is 0 Å². The molecule has 0 aromatic rings. The number of carbonyl (C=O) groups is 2. The van der Waals surface area contributed by atoms with E-state index in [1.807, 2.05) is 0 Å². The van der Waals surface area contributed by atoms with Crippen molar-refractivity contribution in [2.45, 2.75) is 31.7 Å². The molecule has 1 aliphatic heterocycles. The fourth-order valence-corrected chi connectivity index (χ4v) is 2.52. The van der Waals surface area contributed by atoms with Crippen molar-refractivity contribution in [2.75, 3.05) is 18.8 Å². The maximum atomic E-state index is 12.2. The Balaban J connectivity index is 2.63. The van der Waals surface area contributed by atoms with Gasteiger partial charge in [-0.15, -0.1) is 0 Å². The number of nitrogens with two attached hydrogens (primary N) is 1. The van der Waals surface area contributed by atoms with E-state index in [9.17, 15) is 9.59 Å². The highest BCUT2D eigenvalue weighted by molar-refractivity contribution is 7.80. The monoisotopic (exact) mass is 260 g/mol. The summed E-state index contributed by atoms with van der Waals surface area (Å²) in [6.45, 7) is 1.09. The van der Waals surface area contributed by atoms with Crippen LogP contribution in [0.25, 0.3) is 0 Å². The number of aliphatic carboxylic acids is 1. The second-order valence-corrected chi connectivity index (χ2v) is 4.70. The van der Waals surface area contributed by atoms with Crippen LogP contribution < -0.4 is 5.73 Å². The van der Waals surface area contributed by atoms with Crippen LogP contribution in [-0.2, 0) is 9.59 Å². The average Bonchev–Trinajstić information content (AvgIpc) is 2.78. The first-order valence-corrected chi connectivity index (χ1v) is 6.59. The Morgan fingerprint density at radius 1 is 1.53 bits per heavy atom. The molecule has 0 spiro atoms. The standard InChI is InChI=1S/C11H20N2O3S/c12-5-1-3-8(7-17)10(14)13-6-2-4-9(13)11(15)16/h8-9,17H,1-7,12H2,(H,15,16)/t8?,9-/m0/s1. The van der Waals surface area contributed by atoms with Crippen molar-refractivity contribution in [3.8, 4) is 0 Å². The smallest absolute Gasteiger partial charge is 0.326 e. The molecule has 6 heteroatoms. The Hall–Kier alpha value is -0.750. The quantitative estimate of drug-likeness (QED) is 0.602. The molecule has 1 fully saturated rings. The molecule has 1 amide bonds. The third kappa shape index (κ3) is 3.61. The highest BCUT2D eigenvalue weighted by Crippen LogP contribution is 2.22. The molecular weight excluding hydrogens is 240 g/mol. The molecule has 1 heterocycles. The van der Waals surface area contributed by atoms with E-state index in [1.54, 1.807) is 0 Å². The summed E-state index contributed by atoms with van der Waals surface area (Å²) in [5, 5.41) is 9.03. The van der Waals surface area contributed by atoms with Crippen LogP contribution in [0, 0.1) is 5.92 Å². The third-order valence-corrected chi connectivity index (χ3v) is 3.59. The first kappa shape index (κ1) is 14.3. The number of carboxylic acid groups (broad SMARTS) is 1. The lowest BCUT2D eigenvalue weighted by molar-refractivity contribution is -0.149. The predicted octanol–water partition coefficient (Wildman–Crippen LogP) is 0.347. The predicted molar refractivity (Wildman–Crippen MR) is 68.0 cm³/mol. The zero-order chi connectivity index (χ0) is 12.8. The van der Waals surface area contributed by atoms with Crippen LogP contribution in [0.4, 0.5) is 0 Å². The number of hydrogen-bond acceptors (Lipinski definition) is 4. The topological polar surface area (TPSA) is 83.6 Å². The van der Waals surface area contributed by atoms with Crippen molar-refractivity contribution in [2.24, 2.45) is 11.7 Å². The Bertz CT molecular complexity index is 286. The van der Waals surface area contributed by atoms with Gasteiger partial charge < -0.3 is 15.7 Å². The fourth-order valence-electron chi connectivity index (χ4n) is 2.18. The van der Waals surface area contributed by atoms with Crippen LogP contribution in [0.5, 0.6) is 0 Å². The normalized spacial score (nSPS) is 21.5. The second kappa shape index (κ2) is 6.86. The fraction of sp³-hybridized carbons (Fsp3) is 0.818. The molecule has 0 bridgehead atoms. The number of amides is 1. The molecule has 17 heavy (non-hydrogen) atoms. The van der Waals surface area contributed by atoms with Gasteiger partial charge in [0.15, 0.2) is 0 Å². The maximum absolute atomic E-state index is 12.2. The number of likely N-dealkylation sites (tertiary alicyclic amines) is 1. The van der Waals surface area contributed by atoms with Crippen molar-refractivity contribution in [1.29, 1.82) is 0 Å². The molecule has 0 aliphatic carbocycles. The number of carbonyl (C=O) groups excluding carboxylic acids is 1. The van der Waals surface area contributed by atoms with Crippen LogP contribution in [0.2, 0.25) is 0 Å². The Labute approximate surface area is 107 Å². The van der Waals surface area contributed by atoms with E-state index in [-0.39, 0.29) is 11.8 Å². The van der Waals surface area contributed by atoms with E-state index >= 15 is 0 Å². The van der Waals surface area contributed by atoms with Crippen LogP contribution in [0.1, 0.15) is 25.7 Å². The molecule has 1 saturated heterocycles. The van der Waals surface area contributed by atoms with Gasteiger partial charge in [-0.05, 0) is 32.2 Å². The first-order chi connectivity index (χ1) is 8.11. The molecule has 98 valence electrons. The summed E-state index contributed by atoms with van der Waals surface area (Å²) >= 11 is 4.17. The lowest BCUT2D eigenvalue weighted by atomic mass is 10.0. The zero-order valence-electron chi connectivity index (χ0n) is 9.84. The van der Waals surface area contributed by atoms with E-state index in [2.05, 4.69) is 12.6 Å². The van der Waals surface area contributed by atoms with Gasteiger partial charge in [-0.2, -0.15) is 12.6 Å². The molecule has 0 aromatic carbocycles. The summed E-state index contributed by atoms with van der Waals surface area (Å²) < 4.78 is 0. The average molecular weight is 260 g/mol. The molecule has 1 aliphatic rings. The molecular formula is C11H20N2O3S. The minimum Gasteiger partial charge on any atom is -0.480 e. The summed E-state index contributed by atoms with van der Waals surface area (Å²) in [6.07, 6.45) is 2.76. The van der Waals surface area contributed by atoms with Crippen molar-refractivity contribution >= 4 is 24.5 Å². The molecule has 2 atom stereocenters. The van der Waals surface area contributed by atoms with Crippen molar-refractivity contribution in [3.63, 3.8) is 0 Å². The highest BCUT2D eigenvalue weighted by atomic mass is 32.1. The maximum Gasteiger partial charge on any atom is 0.326 e. The van der Waals surface area contributed by atoms with E-state index in [0.29, 0.717) is 31.7 Å². The van der Waals surface area contributed by atoms with Gasteiger partial charge in [-0.25, -0.2) is 4.79 Å². The minimum atomic E-state index is -0.910. The second-order valence-electron chi connectivity index (χ2n) is 4.34. The van der Waals surface area contributed by atoms with Gasteiger partial charge in [-0.3, -0.25) is 4.79 Å². The number of carboxylic acids is 1. The van der Waals surface area contributed by atoms with E-state index in [1.165, 1.54) is 4.90 Å². The SMILES string of the molecule is NCCCC(CS)C(=O)N1CCC[C@H]1C(=O)O. The van der Waals surface area contributed by atoms with Crippen LogP contribution >= 0.6 is 12.6 Å². The van der Waals surface area contributed by atoms with Gasteiger partial charge in [0, 0.05) is 18.2 Å². The molecule has 5 nitrogen and oxygen atoms in total. The summed E-state index contributed by atoms with van der Waals surface area (Å²) in [5.41, 5.74) is 5.42. The molecule has 3 N–H and O–H groups in total. The number of thiol groups is 1. The molecule has 1 unspecified atom stereocenters. The number of hydrogen-bond donors (Lipinski definition) is 3. The largest absolute Gasteiger partial charge is 0.480 e. The van der Waals surface area contributed by atoms with Gasteiger partial charge in [0.2, 0.25) is 5.91 Å². The summed E-state index contributed by atoms with van der Waals surface area (Å²) in [4.78, 5) is 24.7. The lowest BCUT2D eigenvalue weighted by Crippen LogP contribution is -2.44. The molecule has 0 aromatic heterocycles. The highest BCUT2D eigenvalue weighted by Gasteiger charge is 2.36. The van der Waals surface area contributed by atoms with Gasteiger partial charge in [0.05, 0.1) is 0 Å². The lowest BCUT2D eigenvalue weighted by Gasteiger charge is -2.25. The van der Waals surface area contributed by atoms with Gasteiger partial charge in [0.1, 0.15) is 6.04 Å². The Morgan fingerprint density at radius 2 is 2.24 bits per heavy atom. The van der Waals surface area contributed by atoms with E-state index < -0.39 is 12.0 Å². The Kier molecular flexibility index (Phi) is 5.77. The van der Waals surface area contributed by atoms with Crippen molar-refractivity contribution in [3.05, 3.63) is 0 Å². The zero-order valence-corrected chi connectivity index (χ0v) is 10.7. The van der Waals surface area contributed by atoms with Gasteiger partial charge in [0.25, 0.3) is 0 Å².